The summed E-state index contributed by atoms with van der Waals surface area (Å²) in [6.07, 6.45) is 1.05. The maximum absolute atomic E-state index is 10.8. The summed E-state index contributed by atoms with van der Waals surface area (Å²) in [5.74, 6) is -0.411. The zero-order valence-electron chi connectivity index (χ0n) is 9.97. The molecule has 0 saturated carbocycles. The minimum Gasteiger partial charge on any atom is -0.480 e. The molecule has 4 nitrogen and oxygen atoms in total. The molecule has 3 N–H and O–H groups in total. The molecule has 0 bridgehead atoms. The van der Waals surface area contributed by atoms with Gasteiger partial charge in [-0.2, -0.15) is 0 Å². The van der Waals surface area contributed by atoms with E-state index >= 15 is 0 Å². The van der Waals surface area contributed by atoms with Crippen molar-refractivity contribution < 1.29 is 9.90 Å². The molecule has 0 spiro atoms. The topological polar surface area (TPSA) is 66.6 Å². The van der Waals surface area contributed by atoms with Crippen LogP contribution in [0, 0.1) is 5.92 Å². The van der Waals surface area contributed by atoms with E-state index in [4.69, 9.17) is 10.8 Å². The number of benzene rings is 1. The second-order valence-corrected chi connectivity index (χ2v) is 4.79. The first kappa shape index (κ1) is 11.9. The average molecular weight is 234 g/mol. The third-order valence-electron chi connectivity index (χ3n) is 3.17. The van der Waals surface area contributed by atoms with Gasteiger partial charge in [-0.3, -0.25) is 4.79 Å². The second kappa shape index (κ2) is 4.75. The fraction of sp³-hybridized carbons (Fsp3) is 0.462. The number of carbonyl (C=O) groups is 1. The molecule has 0 saturated heterocycles. The SMILES string of the molecule is CC1Cc2ccccc2N(CC(N)C(=O)O)C1. The van der Waals surface area contributed by atoms with Crippen molar-refractivity contribution in [1.82, 2.24) is 0 Å². The minimum atomic E-state index is -0.944. The molecule has 0 amide bonds. The van der Waals surface area contributed by atoms with E-state index in [0.29, 0.717) is 12.5 Å². The van der Waals surface area contributed by atoms with Crippen molar-refractivity contribution in [3.8, 4) is 0 Å². The number of hydrogen-bond donors (Lipinski definition) is 2. The van der Waals surface area contributed by atoms with Gasteiger partial charge in [0.05, 0.1) is 0 Å². The van der Waals surface area contributed by atoms with Crippen LogP contribution in [0.1, 0.15) is 12.5 Å². The number of rotatable bonds is 3. The van der Waals surface area contributed by atoms with E-state index in [-0.39, 0.29) is 0 Å². The van der Waals surface area contributed by atoms with Crippen LogP contribution < -0.4 is 10.6 Å². The normalized spacial score (nSPS) is 20.8. The number of para-hydroxylation sites is 1. The third-order valence-corrected chi connectivity index (χ3v) is 3.17. The predicted molar refractivity (Wildman–Crippen MR) is 67.1 cm³/mol. The zero-order valence-corrected chi connectivity index (χ0v) is 9.97. The van der Waals surface area contributed by atoms with Gasteiger partial charge in [-0.15, -0.1) is 0 Å². The van der Waals surface area contributed by atoms with E-state index in [2.05, 4.69) is 17.9 Å². The summed E-state index contributed by atoms with van der Waals surface area (Å²) in [6.45, 7) is 3.42. The van der Waals surface area contributed by atoms with Crippen molar-refractivity contribution in [3.05, 3.63) is 29.8 Å². The fourth-order valence-corrected chi connectivity index (χ4v) is 2.39. The van der Waals surface area contributed by atoms with Crippen LogP contribution in [0.3, 0.4) is 0 Å². The lowest BCUT2D eigenvalue weighted by Gasteiger charge is -2.35. The molecule has 0 aromatic heterocycles. The van der Waals surface area contributed by atoms with Gasteiger partial charge in [0.15, 0.2) is 0 Å². The molecule has 4 heteroatoms. The van der Waals surface area contributed by atoms with Gasteiger partial charge in [0.25, 0.3) is 0 Å². The fourth-order valence-electron chi connectivity index (χ4n) is 2.39. The maximum Gasteiger partial charge on any atom is 0.322 e. The van der Waals surface area contributed by atoms with Gasteiger partial charge in [-0.05, 0) is 24.0 Å². The molecule has 92 valence electrons. The van der Waals surface area contributed by atoms with Crippen molar-refractivity contribution in [2.75, 3.05) is 18.0 Å². The number of carboxylic acid groups (broad SMARTS) is 1. The van der Waals surface area contributed by atoms with Gasteiger partial charge in [-0.1, -0.05) is 25.1 Å². The zero-order chi connectivity index (χ0) is 12.4. The van der Waals surface area contributed by atoms with Crippen LogP contribution in [0.15, 0.2) is 24.3 Å². The highest BCUT2D eigenvalue weighted by Gasteiger charge is 2.24. The summed E-state index contributed by atoms with van der Waals surface area (Å²) >= 11 is 0. The van der Waals surface area contributed by atoms with Crippen LogP contribution in [0.2, 0.25) is 0 Å². The Kier molecular flexibility index (Phi) is 3.33. The molecule has 1 aliphatic rings. The van der Waals surface area contributed by atoms with E-state index in [1.54, 1.807) is 0 Å². The summed E-state index contributed by atoms with van der Waals surface area (Å²) in [4.78, 5) is 12.9. The van der Waals surface area contributed by atoms with Crippen molar-refractivity contribution in [2.24, 2.45) is 11.7 Å². The molecule has 1 aliphatic heterocycles. The Labute approximate surface area is 101 Å². The number of nitrogens with zero attached hydrogens (tertiary/aromatic N) is 1. The van der Waals surface area contributed by atoms with Crippen LogP contribution in [0.5, 0.6) is 0 Å². The highest BCUT2D eigenvalue weighted by Crippen LogP contribution is 2.29. The van der Waals surface area contributed by atoms with Crippen LogP contribution in [-0.2, 0) is 11.2 Å². The molecule has 1 heterocycles. The van der Waals surface area contributed by atoms with Crippen LogP contribution in [-0.4, -0.2) is 30.2 Å². The van der Waals surface area contributed by atoms with Gasteiger partial charge < -0.3 is 15.7 Å². The van der Waals surface area contributed by atoms with E-state index in [1.165, 1.54) is 5.56 Å². The van der Waals surface area contributed by atoms with E-state index in [0.717, 1.165) is 18.7 Å². The molecular weight excluding hydrogens is 216 g/mol. The maximum atomic E-state index is 10.8. The number of carboxylic acids is 1. The molecule has 1 aromatic carbocycles. The Morgan fingerprint density at radius 2 is 2.29 bits per heavy atom. The van der Waals surface area contributed by atoms with E-state index < -0.39 is 12.0 Å². The lowest BCUT2D eigenvalue weighted by Crippen LogP contribution is -2.46. The quantitative estimate of drug-likeness (QED) is 0.821. The average Bonchev–Trinajstić information content (AvgIpc) is 2.28. The third kappa shape index (κ3) is 2.58. The van der Waals surface area contributed by atoms with Gasteiger partial charge in [0, 0.05) is 18.8 Å². The van der Waals surface area contributed by atoms with Crippen molar-refractivity contribution in [3.63, 3.8) is 0 Å². The van der Waals surface area contributed by atoms with E-state index in [9.17, 15) is 4.79 Å². The van der Waals surface area contributed by atoms with Gasteiger partial charge in [0.1, 0.15) is 6.04 Å². The molecule has 1 aromatic rings. The van der Waals surface area contributed by atoms with Crippen LogP contribution in [0.25, 0.3) is 0 Å². The minimum absolute atomic E-state index is 0.372. The van der Waals surface area contributed by atoms with Crippen molar-refractivity contribution >= 4 is 11.7 Å². The molecule has 2 unspecified atom stereocenters. The summed E-state index contributed by atoms with van der Waals surface area (Å²) < 4.78 is 0. The van der Waals surface area contributed by atoms with Crippen molar-refractivity contribution in [1.29, 1.82) is 0 Å². The number of nitrogens with two attached hydrogens (primary N) is 1. The lowest BCUT2D eigenvalue weighted by atomic mass is 9.93. The Morgan fingerprint density at radius 3 is 3.00 bits per heavy atom. The Hall–Kier alpha value is -1.55. The first-order valence-electron chi connectivity index (χ1n) is 5.89. The second-order valence-electron chi connectivity index (χ2n) is 4.79. The molecule has 0 radical (unpaired) electrons. The molecule has 17 heavy (non-hydrogen) atoms. The van der Waals surface area contributed by atoms with E-state index in [1.807, 2.05) is 18.2 Å². The first-order chi connectivity index (χ1) is 8.08. The number of aliphatic carboxylic acids is 1. The monoisotopic (exact) mass is 234 g/mol. The Bertz CT molecular complexity index is 420. The molecular formula is C13H18N2O2. The van der Waals surface area contributed by atoms with Crippen molar-refractivity contribution in [2.45, 2.75) is 19.4 Å². The largest absolute Gasteiger partial charge is 0.480 e. The summed E-state index contributed by atoms with van der Waals surface area (Å²) in [7, 11) is 0. The van der Waals surface area contributed by atoms with Gasteiger partial charge in [-0.25, -0.2) is 0 Å². The standard InChI is InChI=1S/C13H18N2O2/c1-9-6-10-4-2-3-5-12(10)15(7-9)8-11(14)13(16)17/h2-5,9,11H,6-8,14H2,1H3,(H,16,17). The highest BCUT2D eigenvalue weighted by atomic mass is 16.4. The lowest BCUT2D eigenvalue weighted by molar-refractivity contribution is -0.138. The summed E-state index contributed by atoms with van der Waals surface area (Å²) in [5.41, 5.74) is 8.02. The Balaban J connectivity index is 2.21. The number of anilines is 1. The van der Waals surface area contributed by atoms with Gasteiger partial charge >= 0.3 is 5.97 Å². The first-order valence-corrected chi connectivity index (χ1v) is 5.89. The highest BCUT2D eigenvalue weighted by molar-refractivity contribution is 5.74. The molecule has 0 fully saturated rings. The van der Waals surface area contributed by atoms with Crippen LogP contribution >= 0.6 is 0 Å². The molecule has 2 atom stereocenters. The number of hydrogen-bond acceptors (Lipinski definition) is 3. The van der Waals surface area contributed by atoms with Crippen LogP contribution in [0.4, 0.5) is 5.69 Å². The summed E-state index contributed by atoms with van der Waals surface area (Å²) in [6, 6.07) is 7.31. The van der Waals surface area contributed by atoms with Gasteiger partial charge in [0.2, 0.25) is 0 Å². The molecule has 0 aliphatic carbocycles. The predicted octanol–water partition coefficient (Wildman–Crippen LogP) is 1.10. The Morgan fingerprint density at radius 1 is 1.59 bits per heavy atom. The number of fused-ring (bicyclic) bond motifs is 1. The summed E-state index contributed by atoms with van der Waals surface area (Å²) in [5, 5.41) is 8.87. The smallest absolute Gasteiger partial charge is 0.322 e. The molecule has 2 rings (SSSR count).